The predicted molar refractivity (Wildman–Crippen MR) is 77.1 cm³/mol. The van der Waals surface area contributed by atoms with Gasteiger partial charge in [0.25, 0.3) is 0 Å². The third-order valence-corrected chi connectivity index (χ3v) is 3.19. The molecule has 1 amide bonds. The molecule has 0 aromatic heterocycles. The van der Waals surface area contributed by atoms with E-state index in [9.17, 15) is 19.8 Å². The van der Waals surface area contributed by atoms with Gasteiger partial charge in [0.15, 0.2) is 0 Å². The Labute approximate surface area is 123 Å². The van der Waals surface area contributed by atoms with Crippen LogP contribution in [-0.2, 0) is 20.7 Å². The summed E-state index contributed by atoms with van der Waals surface area (Å²) in [5, 5.41) is 20.9. The molecule has 1 aromatic carbocycles. The Hall–Kier alpha value is -2.08. The smallest absolute Gasteiger partial charge is 0.326 e. The number of nitrogens with one attached hydrogen (secondary N) is 1. The van der Waals surface area contributed by atoms with Crippen LogP contribution in [0.2, 0.25) is 0 Å². The van der Waals surface area contributed by atoms with Gasteiger partial charge in [0.05, 0.1) is 6.10 Å². The number of carbonyl (C=O) groups excluding carboxylic acids is 1. The van der Waals surface area contributed by atoms with Gasteiger partial charge in [-0.15, -0.1) is 0 Å². The number of carbonyl (C=O) groups is 2. The summed E-state index contributed by atoms with van der Waals surface area (Å²) in [6.07, 6.45) is 0.875. The summed E-state index contributed by atoms with van der Waals surface area (Å²) >= 11 is 0. The topological polar surface area (TPSA) is 95.9 Å². The lowest BCUT2D eigenvalue weighted by Gasteiger charge is -2.15. The first-order valence-corrected chi connectivity index (χ1v) is 6.75. The number of benzene rings is 1. The normalized spacial score (nSPS) is 13.4. The summed E-state index contributed by atoms with van der Waals surface area (Å²) in [7, 11) is 1.56. The molecule has 1 unspecified atom stereocenters. The molecule has 0 aliphatic rings. The average molecular weight is 295 g/mol. The number of ether oxygens (including phenoxy) is 1. The average Bonchev–Trinajstić information content (AvgIpc) is 2.46. The minimum Gasteiger partial charge on any atom is -0.508 e. The number of methoxy groups -OCH3 is 1. The zero-order valence-corrected chi connectivity index (χ0v) is 12.2. The molecule has 3 N–H and O–H groups in total. The summed E-state index contributed by atoms with van der Waals surface area (Å²) in [5.41, 5.74) is 0.728. The van der Waals surface area contributed by atoms with E-state index in [1.807, 2.05) is 6.92 Å². The molecule has 21 heavy (non-hydrogen) atoms. The Kier molecular flexibility index (Phi) is 6.68. The van der Waals surface area contributed by atoms with Crippen molar-refractivity contribution in [3.8, 4) is 5.75 Å². The highest BCUT2D eigenvalue weighted by Gasteiger charge is 2.20. The number of hydrogen-bond acceptors (Lipinski definition) is 4. The zero-order chi connectivity index (χ0) is 15.8. The lowest BCUT2D eigenvalue weighted by molar-refractivity contribution is -0.141. The van der Waals surface area contributed by atoms with E-state index in [1.54, 1.807) is 19.2 Å². The van der Waals surface area contributed by atoms with Gasteiger partial charge in [0.2, 0.25) is 5.91 Å². The maximum Gasteiger partial charge on any atom is 0.326 e. The van der Waals surface area contributed by atoms with E-state index in [1.165, 1.54) is 12.1 Å². The van der Waals surface area contributed by atoms with Crippen molar-refractivity contribution in [1.82, 2.24) is 5.32 Å². The molecule has 2 atom stereocenters. The molecule has 0 saturated carbocycles. The summed E-state index contributed by atoms with van der Waals surface area (Å²) in [6, 6.07) is 5.24. The number of amides is 1. The number of aromatic hydroxyl groups is 1. The van der Waals surface area contributed by atoms with E-state index in [4.69, 9.17) is 4.74 Å². The van der Waals surface area contributed by atoms with Crippen molar-refractivity contribution >= 4 is 11.9 Å². The van der Waals surface area contributed by atoms with Gasteiger partial charge in [-0.3, -0.25) is 4.79 Å². The molecule has 6 heteroatoms. The van der Waals surface area contributed by atoms with Gasteiger partial charge in [0.1, 0.15) is 11.8 Å². The Morgan fingerprint density at radius 2 is 1.90 bits per heavy atom. The van der Waals surface area contributed by atoms with Crippen LogP contribution in [0.1, 0.15) is 25.3 Å². The van der Waals surface area contributed by atoms with E-state index in [-0.39, 0.29) is 30.6 Å². The Morgan fingerprint density at radius 3 is 2.43 bits per heavy atom. The highest BCUT2D eigenvalue weighted by atomic mass is 16.5. The third kappa shape index (κ3) is 6.27. The van der Waals surface area contributed by atoms with Crippen LogP contribution in [-0.4, -0.2) is 41.3 Å². The largest absolute Gasteiger partial charge is 0.508 e. The number of hydrogen-bond donors (Lipinski definition) is 3. The van der Waals surface area contributed by atoms with E-state index in [2.05, 4.69) is 5.32 Å². The van der Waals surface area contributed by atoms with Gasteiger partial charge in [-0.25, -0.2) is 4.79 Å². The van der Waals surface area contributed by atoms with E-state index in [0.717, 1.165) is 5.56 Å². The van der Waals surface area contributed by atoms with Crippen molar-refractivity contribution in [3.63, 3.8) is 0 Å². The van der Waals surface area contributed by atoms with Gasteiger partial charge in [-0.1, -0.05) is 12.1 Å². The number of aliphatic carboxylic acids is 1. The van der Waals surface area contributed by atoms with Crippen molar-refractivity contribution in [1.29, 1.82) is 0 Å². The number of rotatable bonds is 8. The fourth-order valence-electron chi connectivity index (χ4n) is 1.79. The van der Waals surface area contributed by atoms with Crippen LogP contribution in [0.4, 0.5) is 0 Å². The van der Waals surface area contributed by atoms with Crippen LogP contribution in [0.15, 0.2) is 24.3 Å². The zero-order valence-electron chi connectivity index (χ0n) is 12.2. The Morgan fingerprint density at radius 1 is 1.29 bits per heavy atom. The molecule has 6 nitrogen and oxygen atoms in total. The van der Waals surface area contributed by atoms with Crippen molar-refractivity contribution in [3.05, 3.63) is 29.8 Å². The number of carboxylic acids is 1. The second kappa shape index (κ2) is 8.26. The van der Waals surface area contributed by atoms with Crippen LogP contribution in [0.5, 0.6) is 5.75 Å². The molecule has 1 aromatic rings. The number of phenolic OH excluding ortho intramolecular Hbond substituents is 1. The first kappa shape index (κ1) is 17.0. The molecular weight excluding hydrogens is 274 g/mol. The van der Waals surface area contributed by atoms with E-state index in [0.29, 0.717) is 6.42 Å². The molecule has 0 bridgehead atoms. The SMILES string of the molecule is COC(C)CCC(=O)N[C@H](Cc1ccc(O)cc1)C(=O)O. The molecule has 1 rings (SSSR count). The monoisotopic (exact) mass is 295 g/mol. The second-order valence-electron chi connectivity index (χ2n) is 4.91. The number of carboxylic acid groups (broad SMARTS) is 1. The van der Waals surface area contributed by atoms with Gasteiger partial charge >= 0.3 is 5.97 Å². The van der Waals surface area contributed by atoms with Crippen LogP contribution in [0.3, 0.4) is 0 Å². The maximum absolute atomic E-state index is 11.8. The number of phenols is 1. The van der Waals surface area contributed by atoms with Crippen molar-refractivity contribution < 1.29 is 24.5 Å². The quantitative estimate of drug-likeness (QED) is 0.672. The molecule has 0 spiro atoms. The first-order valence-electron chi connectivity index (χ1n) is 6.75. The minimum atomic E-state index is -1.09. The predicted octanol–water partition coefficient (Wildman–Crippen LogP) is 1.32. The Balaban J connectivity index is 2.55. The lowest BCUT2D eigenvalue weighted by Crippen LogP contribution is -2.42. The molecule has 0 saturated heterocycles. The van der Waals surface area contributed by atoms with Crippen molar-refractivity contribution in [2.75, 3.05) is 7.11 Å². The molecular formula is C15H21NO5. The van der Waals surface area contributed by atoms with Gasteiger partial charge in [-0.2, -0.15) is 0 Å². The Bertz CT molecular complexity index is 471. The summed E-state index contributed by atoms with van der Waals surface area (Å²) in [6.45, 7) is 1.85. The highest BCUT2D eigenvalue weighted by Crippen LogP contribution is 2.11. The summed E-state index contributed by atoms with van der Waals surface area (Å²) < 4.78 is 5.04. The minimum absolute atomic E-state index is 0.0453. The van der Waals surface area contributed by atoms with Crippen molar-refractivity contribution in [2.24, 2.45) is 0 Å². The third-order valence-electron chi connectivity index (χ3n) is 3.19. The van der Waals surface area contributed by atoms with Gasteiger partial charge in [-0.05, 0) is 31.0 Å². The lowest BCUT2D eigenvalue weighted by atomic mass is 10.1. The fraction of sp³-hybridized carbons (Fsp3) is 0.467. The molecule has 0 heterocycles. The van der Waals surface area contributed by atoms with E-state index >= 15 is 0 Å². The van der Waals surface area contributed by atoms with Crippen LogP contribution in [0.25, 0.3) is 0 Å². The van der Waals surface area contributed by atoms with Gasteiger partial charge < -0.3 is 20.3 Å². The molecule has 0 radical (unpaired) electrons. The summed E-state index contributed by atoms with van der Waals surface area (Å²) in [5.74, 6) is -1.29. The van der Waals surface area contributed by atoms with Gasteiger partial charge in [0, 0.05) is 20.0 Å². The van der Waals surface area contributed by atoms with Crippen LogP contribution < -0.4 is 5.32 Å². The maximum atomic E-state index is 11.8. The van der Waals surface area contributed by atoms with Crippen LogP contribution in [0, 0.1) is 0 Å². The van der Waals surface area contributed by atoms with E-state index < -0.39 is 12.0 Å². The molecule has 0 fully saturated rings. The highest BCUT2D eigenvalue weighted by molar-refractivity contribution is 5.83. The molecule has 0 aliphatic heterocycles. The van der Waals surface area contributed by atoms with Crippen LogP contribution >= 0.6 is 0 Å². The first-order chi connectivity index (χ1) is 9.92. The molecule has 116 valence electrons. The standard InChI is InChI=1S/C15H21NO5/c1-10(21-2)3-8-14(18)16-13(15(19)20)9-11-4-6-12(17)7-5-11/h4-7,10,13,17H,3,8-9H2,1-2H3,(H,16,18)(H,19,20)/t10?,13-/m1/s1. The summed E-state index contributed by atoms with van der Waals surface area (Å²) in [4.78, 5) is 23.0. The molecule has 0 aliphatic carbocycles. The fourth-order valence-corrected chi connectivity index (χ4v) is 1.79. The second-order valence-corrected chi connectivity index (χ2v) is 4.91. The van der Waals surface area contributed by atoms with Crippen molar-refractivity contribution in [2.45, 2.75) is 38.3 Å².